The van der Waals surface area contributed by atoms with Crippen LogP contribution in [0.15, 0.2) is 33.6 Å². The smallest absolute Gasteiger partial charge is 0.180 e. The zero-order chi connectivity index (χ0) is 12.3. The predicted molar refractivity (Wildman–Crippen MR) is 69.5 cm³/mol. The highest BCUT2D eigenvalue weighted by Crippen LogP contribution is 2.36. The van der Waals surface area contributed by atoms with Gasteiger partial charge in [-0.2, -0.15) is 0 Å². The standard InChI is InChI=1S/C11H10BrClN2O2/c1-16-11-9(12)2-7(13)3-10(11)15-5-8-4-14-6-17-8/h2-4,6,15H,5H2,1H3. The number of hydrogen-bond donors (Lipinski definition) is 1. The van der Waals surface area contributed by atoms with Crippen LogP contribution in [0.25, 0.3) is 0 Å². The molecule has 0 saturated carbocycles. The summed E-state index contributed by atoms with van der Waals surface area (Å²) >= 11 is 9.37. The highest BCUT2D eigenvalue weighted by molar-refractivity contribution is 9.10. The average molecular weight is 318 g/mol. The molecular weight excluding hydrogens is 307 g/mol. The molecule has 4 nitrogen and oxygen atoms in total. The maximum atomic E-state index is 5.98. The normalized spacial score (nSPS) is 10.3. The first-order chi connectivity index (χ1) is 8.20. The number of nitrogens with one attached hydrogen (secondary N) is 1. The molecule has 1 aromatic carbocycles. The minimum Gasteiger partial charge on any atom is -0.493 e. The van der Waals surface area contributed by atoms with Crippen LogP contribution in [-0.4, -0.2) is 12.1 Å². The van der Waals surface area contributed by atoms with Crippen LogP contribution in [-0.2, 0) is 6.54 Å². The first kappa shape index (κ1) is 12.3. The topological polar surface area (TPSA) is 47.3 Å². The summed E-state index contributed by atoms with van der Waals surface area (Å²) in [5, 5.41) is 3.80. The molecule has 1 N–H and O–H groups in total. The van der Waals surface area contributed by atoms with Crippen molar-refractivity contribution in [1.29, 1.82) is 0 Å². The number of methoxy groups -OCH3 is 1. The van der Waals surface area contributed by atoms with Gasteiger partial charge in [0.05, 0.1) is 30.0 Å². The predicted octanol–water partition coefficient (Wildman–Crippen LogP) is 3.71. The van der Waals surface area contributed by atoms with Crippen LogP contribution in [0.3, 0.4) is 0 Å². The van der Waals surface area contributed by atoms with Crippen molar-refractivity contribution in [3.8, 4) is 5.75 Å². The van der Waals surface area contributed by atoms with Crippen molar-refractivity contribution in [1.82, 2.24) is 4.98 Å². The lowest BCUT2D eigenvalue weighted by Gasteiger charge is -2.12. The molecule has 0 unspecified atom stereocenters. The molecule has 1 aromatic heterocycles. The van der Waals surface area contributed by atoms with Gasteiger partial charge in [0.25, 0.3) is 0 Å². The lowest BCUT2D eigenvalue weighted by atomic mass is 10.3. The fourth-order valence-electron chi connectivity index (χ4n) is 1.41. The van der Waals surface area contributed by atoms with Crippen LogP contribution < -0.4 is 10.1 Å². The van der Waals surface area contributed by atoms with Gasteiger partial charge in [0.15, 0.2) is 12.1 Å². The third-order valence-electron chi connectivity index (χ3n) is 2.15. The number of anilines is 1. The fraction of sp³-hybridized carbons (Fsp3) is 0.182. The summed E-state index contributed by atoms with van der Waals surface area (Å²) in [6.07, 6.45) is 3.04. The first-order valence-electron chi connectivity index (χ1n) is 4.85. The quantitative estimate of drug-likeness (QED) is 0.934. The van der Waals surface area contributed by atoms with E-state index in [2.05, 4.69) is 26.2 Å². The van der Waals surface area contributed by atoms with E-state index in [1.54, 1.807) is 25.4 Å². The van der Waals surface area contributed by atoms with Gasteiger partial charge >= 0.3 is 0 Å². The third-order valence-corrected chi connectivity index (χ3v) is 2.96. The number of rotatable bonds is 4. The fourth-order valence-corrected chi connectivity index (χ4v) is 2.38. The minimum atomic E-state index is 0.517. The van der Waals surface area contributed by atoms with Gasteiger partial charge in [-0.15, -0.1) is 0 Å². The van der Waals surface area contributed by atoms with Crippen molar-refractivity contribution in [3.63, 3.8) is 0 Å². The van der Waals surface area contributed by atoms with Gasteiger partial charge < -0.3 is 14.5 Å². The van der Waals surface area contributed by atoms with Crippen LogP contribution in [0.1, 0.15) is 5.76 Å². The van der Waals surface area contributed by atoms with Crippen molar-refractivity contribution in [2.45, 2.75) is 6.54 Å². The van der Waals surface area contributed by atoms with Crippen LogP contribution in [0, 0.1) is 0 Å². The Labute approximate surface area is 112 Å². The number of ether oxygens (including phenoxy) is 1. The molecule has 0 aliphatic rings. The molecule has 90 valence electrons. The molecule has 0 aliphatic heterocycles. The van der Waals surface area contributed by atoms with Crippen molar-refractivity contribution in [3.05, 3.63) is 40.0 Å². The molecule has 0 aliphatic carbocycles. The monoisotopic (exact) mass is 316 g/mol. The van der Waals surface area contributed by atoms with Gasteiger partial charge in [-0.1, -0.05) is 11.6 Å². The number of oxazole rings is 1. The Hall–Kier alpha value is -1.20. The largest absolute Gasteiger partial charge is 0.493 e. The summed E-state index contributed by atoms with van der Waals surface area (Å²) in [4.78, 5) is 3.84. The van der Waals surface area contributed by atoms with Gasteiger partial charge in [0, 0.05) is 5.02 Å². The van der Waals surface area contributed by atoms with Gasteiger partial charge in [0.1, 0.15) is 5.76 Å². The lowest BCUT2D eigenvalue weighted by molar-refractivity contribution is 0.413. The first-order valence-corrected chi connectivity index (χ1v) is 6.02. The Morgan fingerprint density at radius 1 is 1.53 bits per heavy atom. The molecule has 0 saturated heterocycles. The molecule has 2 rings (SSSR count). The summed E-state index contributed by atoms with van der Waals surface area (Å²) in [6.45, 7) is 0.517. The van der Waals surface area contributed by atoms with E-state index < -0.39 is 0 Å². The Balaban J connectivity index is 2.19. The summed E-state index contributed by atoms with van der Waals surface area (Å²) in [5.74, 6) is 1.44. The number of aromatic nitrogens is 1. The van der Waals surface area contributed by atoms with Gasteiger partial charge in [0.2, 0.25) is 0 Å². The Bertz CT molecular complexity index is 502. The zero-order valence-corrected chi connectivity index (χ0v) is 11.4. The molecule has 0 radical (unpaired) electrons. The van der Waals surface area contributed by atoms with E-state index in [4.69, 9.17) is 20.8 Å². The molecule has 2 aromatic rings. The highest BCUT2D eigenvalue weighted by atomic mass is 79.9. The maximum Gasteiger partial charge on any atom is 0.180 e. The van der Waals surface area contributed by atoms with Crippen molar-refractivity contribution in [2.24, 2.45) is 0 Å². The van der Waals surface area contributed by atoms with Crippen molar-refractivity contribution in [2.75, 3.05) is 12.4 Å². The van der Waals surface area contributed by atoms with Gasteiger partial charge in [-0.05, 0) is 28.1 Å². The minimum absolute atomic E-state index is 0.517. The van der Waals surface area contributed by atoms with Crippen molar-refractivity contribution < 1.29 is 9.15 Å². The van der Waals surface area contributed by atoms with Crippen LogP contribution >= 0.6 is 27.5 Å². The van der Waals surface area contributed by atoms with E-state index >= 15 is 0 Å². The molecular formula is C11H10BrClN2O2. The van der Waals surface area contributed by atoms with E-state index in [1.165, 1.54) is 6.39 Å². The van der Waals surface area contributed by atoms with Gasteiger partial charge in [-0.25, -0.2) is 4.98 Å². The number of nitrogens with zero attached hydrogens (tertiary/aromatic N) is 1. The summed E-state index contributed by atoms with van der Waals surface area (Å²) < 4.78 is 11.2. The molecule has 0 atom stereocenters. The molecule has 0 fully saturated rings. The van der Waals surface area contributed by atoms with Crippen LogP contribution in [0.2, 0.25) is 5.02 Å². The summed E-state index contributed by atoms with van der Waals surface area (Å²) in [5.41, 5.74) is 0.795. The Kier molecular flexibility index (Phi) is 3.91. The number of benzene rings is 1. The van der Waals surface area contributed by atoms with Crippen molar-refractivity contribution >= 4 is 33.2 Å². The molecule has 0 amide bonds. The molecule has 0 spiro atoms. The Morgan fingerprint density at radius 2 is 2.35 bits per heavy atom. The van der Waals surface area contributed by atoms with E-state index in [-0.39, 0.29) is 0 Å². The van der Waals surface area contributed by atoms with Crippen LogP contribution in [0.4, 0.5) is 5.69 Å². The summed E-state index contributed by atoms with van der Waals surface area (Å²) in [7, 11) is 1.60. The number of halogens is 2. The summed E-state index contributed by atoms with van der Waals surface area (Å²) in [6, 6.07) is 3.57. The SMILES string of the molecule is COc1c(Br)cc(Cl)cc1NCc1cnco1. The molecule has 17 heavy (non-hydrogen) atoms. The van der Waals surface area contributed by atoms with Gasteiger partial charge in [-0.3, -0.25) is 0 Å². The van der Waals surface area contributed by atoms with Crippen LogP contribution in [0.5, 0.6) is 5.75 Å². The van der Waals surface area contributed by atoms with E-state index in [0.717, 1.165) is 15.9 Å². The maximum absolute atomic E-state index is 5.98. The second kappa shape index (κ2) is 5.42. The third kappa shape index (κ3) is 2.92. The zero-order valence-electron chi connectivity index (χ0n) is 9.04. The van der Waals surface area contributed by atoms with E-state index in [1.807, 2.05) is 0 Å². The molecule has 0 bridgehead atoms. The second-order valence-corrected chi connectivity index (χ2v) is 4.58. The Morgan fingerprint density at radius 3 is 3.00 bits per heavy atom. The number of hydrogen-bond acceptors (Lipinski definition) is 4. The molecule has 1 heterocycles. The highest BCUT2D eigenvalue weighted by Gasteiger charge is 2.09. The average Bonchev–Trinajstić information content (AvgIpc) is 2.78. The lowest BCUT2D eigenvalue weighted by Crippen LogP contribution is -2.01. The second-order valence-electron chi connectivity index (χ2n) is 3.29. The molecule has 6 heteroatoms. The van der Waals surface area contributed by atoms with E-state index in [0.29, 0.717) is 17.3 Å². The van der Waals surface area contributed by atoms with E-state index in [9.17, 15) is 0 Å².